The van der Waals surface area contributed by atoms with Gasteiger partial charge in [-0.1, -0.05) is 13.0 Å². The number of aromatic hydroxyl groups is 2. The third kappa shape index (κ3) is 2.34. The molecule has 1 aromatic carbocycles. The molecule has 0 radical (unpaired) electrons. The van der Waals surface area contributed by atoms with Gasteiger partial charge in [0, 0.05) is 17.8 Å². The first kappa shape index (κ1) is 15.1. The van der Waals surface area contributed by atoms with E-state index in [9.17, 15) is 20.3 Å². The van der Waals surface area contributed by atoms with Crippen molar-refractivity contribution in [2.75, 3.05) is 0 Å². The Bertz CT molecular complexity index is 823. The number of aryl methyl sites for hydroxylation is 1. The quantitative estimate of drug-likeness (QED) is 0.669. The number of rotatable bonds is 3. The van der Waals surface area contributed by atoms with Crippen LogP contribution < -0.4 is 0 Å². The molecule has 120 valence electrons. The minimum Gasteiger partial charge on any atom is -0.494 e. The van der Waals surface area contributed by atoms with E-state index >= 15 is 0 Å². The van der Waals surface area contributed by atoms with Crippen molar-refractivity contribution in [3.05, 3.63) is 39.4 Å². The van der Waals surface area contributed by atoms with Crippen LogP contribution in [0.15, 0.2) is 23.2 Å². The highest BCUT2D eigenvalue weighted by Gasteiger charge is 2.30. The fraction of sp³-hybridized carbons (Fsp3) is 0.312. The molecule has 1 aromatic heterocycles. The maximum absolute atomic E-state index is 11.3. The number of fused-ring (bicyclic) bond motifs is 1. The number of aliphatic imine (C=N–C) groups is 1. The number of nitro benzene ring substituents is 1. The second kappa shape index (κ2) is 5.42. The minimum absolute atomic E-state index is 0.119. The molecule has 2 N–H and O–H groups in total. The first-order valence-corrected chi connectivity index (χ1v) is 7.39. The SMILES string of the molecule is CCC1C=Nc2c(c(O)n(-c3ccc(C)cc3[N+](=O)[O-])c2O)C1. The van der Waals surface area contributed by atoms with Crippen molar-refractivity contribution >= 4 is 17.6 Å². The minimum atomic E-state index is -0.529. The molecule has 0 spiro atoms. The second-order valence-electron chi connectivity index (χ2n) is 5.71. The predicted octanol–water partition coefficient (Wildman–Crippen LogP) is 3.39. The molecule has 1 atom stereocenters. The lowest BCUT2D eigenvalue weighted by Crippen LogP contribution is -2.07. The van der Waals surface area contributed by atoms with E-state index in [1.54, 1.807) is 19.2 Å². The van der Waals surface area contributed by atoms with Gasteiger partial charge >= 0.3 is 0 Å². The number of hydrogen-bond donors (Lipinski definition) is 2. The van der Waals surface area contributed by atoms with Gasteiger partial charge in [0.25, 0.3) is 5.69 Å². The maximum Gasteiger partial charge on any atom is 0.293 e. The molecule has 1 aliphatic heterocycles. The number of nitrogens with zero attached hydrogens (tertiary/aromatic N) is 3. The second-order valence-corrected chi connectivity index (χ2v) is 5.71. The van der Waals surface area contributed by atoms with E-state index in [-0.39, 0.29) is 34.7 Å². The van der Waals surface area contributed by atoms with E-state index in [1.165, 1.54) is 12.1 Å². The molecular weight excluding hydrogens is 298 g/mol. The molecular formula is C16H17N3O4. The van der Waals surface area contributed by atoms with Crippen LogP contribution in [0.25, 0.3) is 5.69 Å². The Morgan fingerprint density at radius 1 is 1.39 bits per heavy atom. The fourth-order valence-electron chi connectivity index (χ4n) is 2.85. The van der Waals surface area contributed by atoms with Gasteiger partial charge in [0.15, 0.2) is 0 Å². The number of hydrogen-bond acceptors (Lipinski definition) is 5. The molecule has 1 aliphatic rings. The van der Waals surface area contributed by atoms with Crippen LogP contribution in [0.1, 0.15) is 24.5 Å². The van der Waals surface area contributed by atoms with Gasteiger partial charge in [-0.25, -0.2) is 4.57 Å². The zero-order valence-corrected chi connectivity index (χ0v) is 12.9. The summed E-state index contributed by atoms with van der Waals surface area (Å²) < 4.78 is 1.09. The van der Waals surface area contributed by atoms with Crippen LogP contribution in [0, 0.1) is 23.0 Å². The van der Waals surface area contributed by atoms with Crippen LogP contribution >= 0.6 is 0 Å². The Labute approximate surface area is 132 Å². The van der Waals surface area contributed by atoms with Crippen LogP contribution in [-0.4, -0.2) is 25.9 Å². The number of nitro groups is 1. The van der Waals surface area contributed by atoms with E-state index in [1.807, 2.05) is 6.92 Å². The van der Waals surface area contributed by atoms with Crippen LogP contribution in [0.5, 0.6) is 11.8 Å². The molecule has 0 fully saturated rings. The van der Waals surface area contributed by atoms with E-state index < -0.39 is 4.92 Å². The Kier molecular flexibility index (Phi) is 3.55. The van der Waals surface area contributed by atoms with Crippen molar-refractivity contribution in [1.29, 1.82) is 0 Å². The van der Waals surface area contributed by atoms with Crippen molar-refractivity contribution in [3.8, 4) is 17.4 Å². The lowest BCUT2D eigenvalue weighted by molar-refractivity contribution is -0.384. The summed E-state index contributed by atoms with van der Waals surface area (Å²) in [5, 5.41) is 32.2. The fourth-order valence-corrected chi connectivity index (χ4v) is 2.85. The largest absolute Gasteiger partial charge is 0.494 e. The van der Waals surface area contributed by atoms with Gasteiger partial charge in [-0.15, -0.1) is 0 Å². The lowest BCUT2D eigenvalue weighted by atomic mass is 9.96. The van der Waals surface area contributed by atoms with E-state index in [0.717, 1.165) is 16.6 Å². The third-order valence-electron chi connectivity index (χ3n) is 4.16. The highest BCUT2D eigenvalue weighted by atomic mass is 16.6. The lowest BCUT2D eigenvalue weighted by Gasteiger charge is -2.13. The standard InChI is InChI=1S/C16H17N3O4/c1-3-10-7-11-14(17-8-10)16(21)18(15(11)20)12-5-4-9(2)6-13(12)19(22)23/h4-6,8,10,20-21H,3,7H2,1-2H3. The smallest absolute Gasteiger partial charge is 0.293 e. The van der Waals surface area contributed by atoms with Crippen LogP contribution in [0.4, 0.5) is 11.4 Å². The van der Waals surface area contributed by atoms with Crippen molar-refractivity contribution in [2.45, 2.75) is 26.7 Å². The summed E-state index contributed by atoms with van der Waals surface area (Å²) in [5.74, 6) is -0.299. The van der Waals surface area contributed by atoms with Gasteiger partial charge in [-0.2, -0.15) is 0 Å². The van der Waals surface area contributed by atoms with Crippen molar-refractivity contribution in [3.63, 3.8) is 0 Å². The molecule has 0 saturated heterocycles. The van der Waals surface area contributed by atoms with Crippen molar-refractivity contribution < 1.29 is 15.1 Å². The van der Waals surface area contributed by atoms with Gasteiger partial charge in [-0.05, 0) is 37.3 Å². The van der Waals surface area contributed by atoms with E-state index in [2.05, 4.69) is 4.99 Å². The van der Waals surface area contributed by atoms with E-state index in [4.69, 9.17) is 0 Å². The van der Waals surface area contributed by atoms with Gasteiger partial charge in [0.1, 0.15) is 11.4 Å². The molecule has 0 amide bonds. The van der Waals surface area contributed by atoms with Crippen LogP contribution in [-0.2, 0) is 6.42 Å². The Morgan fingerprint density at radius 3 is 2.78 bits per heavy atom. The topological polar surface area (TPSA) is 101 Å². The molecule has 3 rings (SSSR count). The molecule has 0 saturated carbocycles. The van der Waals surface area contributed by atoms with Gasteiger partial charge in [0.05, 0.1) is 4.92 Å². The number of benzene rings is 1. The van der Waals surface area contributed by atoms with Crippen molar-refractivity contribution in [1.82, 2.24) is 4.57 Å². The summed E-state index contributed by atoms with van der Waals surface area (Å²) in [6, 6.07) is 4.61. The highest BCUT2D eigenvalue weighted by Crippen LogP contribution is 2.47. The first-order chi connectivity index (χ1) is 10.9. The Balaban J connectivity index is 2.22. The highest BCUT2D eigenvalue weighted by molar-refractivity contribution is 5.77. The van der Waals surface area contributed by atoms with Crippen LogP contribution in [0.3, 0.4) is 0 Å². The normalized spacial score (nSPS) is 16.3. The maximum atomic E-state index is 11.3. The van der Waals surface area contributed by atoms with Gasteiger partial charge < -0.3 is 10.2 Å². The monoisotopic (exact) mass is 315 g/mol. The molecule has 0 aliphatic carbocycles. The molecule has 23 heavy (non-hydrogen) atoms. The average Bonchev–Trinajstić information content (AvgIpc) is 2.78. The third-order valence-corrected chi connectivity index (χ3v) is 4.16. The zero-order chi connectivity index (χ0) is 16.7. The first-order valence-electron chi connectivity index (χ1n) is 7.39. The van der Waals surface area contributed by atoms with Gasteiger partial charge in [0.2, 0.25) is 11.8 Å². The number of aromatic nitrogens is 1. The summed E-state index contributed by atoms with van der Waals surface area (Å²) in [6.07, 6.45) is 3.15. The predicted molar refractivity (Wildman–Crippen MR) is 86.1 cm³/mol. The summed E-state index contributed by atoms with van der Waals surface area (Å²) >= 11 is 0. The zero-order valence-electron chi connectivity index (χ0n) is 12.9. The van der Waals surface area contributed by atoms with Crippen LogP contribution in [0.2, 0.25) is 0 Å². The summed E-state index contributed by atoms with van der Waals surface area (Å²) in [6.45, 7) is 3.76. The molecule has 7 heteroatoms. The Morgan fingerprint density at radius 2 is 2.13 bits per heavy atom. The summed E-state index contributed by atoms with van der Waals surface area (Å²) in [7, 11) is 0. The molecule has 1 unspecified atom stereocenters. The molecule has 2 aromatic rings. The van der Waals surface area contributed by atoms with E-state index in [0.29, 0.717) is 12.0 Å². The molecule has 0 bridgehead atoms. The summed E-state index contributed by atoms with van der Waals surface area (Å²) in [5.41, 5.74) is 1.46. The Hall–Kier alpha value is -2.83. The molecule has 2 heterocycles. The molecule has 7 nitrogen and oxygen atoms in total. The summed E-state index contributed by atoms with van der Waals surface area (Å²) in [4.78, 5) is 15.0. The average molecular weight is 315 g/mol. The van der Waals surface area contributed by atoms with Gasteiger partial charge in [-0.3, -0.25) is 15.1 Å². The van der Waals surface area contributed by atoms with Crippen molar-refractivity contribution in [2.24, 2.45) is 10.9 Å².